The van der Waals surface area contributed by atoms with Crippen molar-refractivity contribution in [2.75, 3.05) is 17.1 Å². The van der Waals surface area contributed by atoms with Gasteiger partial charge in [-0.05, 0) is 36.8 Å². The Balaban J connectivity index is 2.12. The molecule has 0 amide bonds. The van der Waals surface area contributed by atoms with E-state index < -0.39 is 10.0 Å². The van der Waals surface area contributed by atoms with Crippen molar-refractivity contribution in [3.8, 4) is 11.6 Å². The summed E-state index contributed by atoms with van der Waals surface area (Å²) in [5.41, 5.74) is 0.608. The van der Waals surface area contributed by atoms with Gasteiger partial charge in [0.25, 0.3) is 0 Å². The second kappa shape index (κ2) is 6.58. The second-order valence-corrected chi connectivity index (χ2v) is 6.67. The Bertz CT molecular complexity index is 670. The van der Waals surface area contributed by atoms with Crippen LogP contribution in [0.1, 0.15) is 13.3 Å². The Hall–Kier alpha value is -2.08. The van der Waals surface area contributed by atoms with Gasteiger partial charge in [-0.2, -0.15) is 0 Å². The van der Waals surface area contributed by atoms with Crippen molar-refractivity contribution in [1.82, 2.24) is 4.98 Å². The minimum Gasteiger partial charge on any atom is -0.439 e. The first-order valence-corrected chi connectivity index (χ1v) is 8.29. The predicted molar refractivity (Wildman–Crippen MR) is 83.2 cm³/mol. The summed E-state index contributed by atoms with van der Waals surface area (Å²) >= 11 is 0. The third-order valence-corrected chi connectivity index (χ3v) is 4.91. The zero-order valence-corrected chi connectivity index (χ0v) is 12.9. The fraction of sp³-hybridized carbons (Fsp3) is 0.267. The summed E-state index contributed by atoms with van der Waals surface area (Å²) in [7, 11) is -1.70. The Morgan fingerprint density at radius 3 is 2.43 bits per heavy atom. The molecule has 2 aromatic rings. The molecule has 21 heavy (non-hydrogen) atoms. The maximum atomic E-state index is 12.0. The fourth-order valence-electron chi connectivity index (χ4n) is 1.81. The van der Waals surface area contributed by atoms with E-state index in [-0.39, 0.29) is 5.75 Å². The molecule has 6 heteroatoms. The first-order valence-electron chi connectivity index (χ1n) is 6.68. The molecule has 1 aromatic carbocycles. The van der Waals surface area contributed by atoms with Crippen molar-refractivity contribution in [2.24, 2.45) is 0 Å². The topological polar surface area (TPSA) is 59.5 Å². The van der Waals surface area contributed by atoms with Crippen LogP contribution in [-0.4, -0.2) is 26.2 Å². The van der Waals surface area contributed by atoms with Gasteiger partial charge < -0.3 is 4.74 Å². The van der Waals surface area contributed by atoms with Crippen LogP contribution in [0, 0.1) is 0 Å². The molecule has 0 bridgehead atoms. The van der Waals surface area contributed by atoms with E-state index >= 15 is 0 Å². The number of rotatable bonds is 6. The van der Waals surface area contributed by atoms with Crippen LogP contribution in [0.15, 0.2) is 48.7 Å². The number of aromatic nitrogens is 1. The summed E-state index contributed by atoms with van der Waals surface area (Å²) in [6.45, 7) is 1.84. The van der Waals surface area contributed by atoms with Gasteiger partial charge in [-0.3, -0.25) is 4.31 Å². The van der Waals surface area contributed by atoms with E-state index in [1.54, 1.807) is 43.6 Å². The van der Waals surface area contributed by atoms with Crippen molar-refractivity contribution in [3.63, 3.8) is 0 Å². The van der Waals surface area contributed by atoms with Gasteiger partial charge in [0, 0.05) is 19.3 Å². The number of hydrogen-bond acceptors (Lipinski definition) is 4. The Morgan fingerprint density at radius 2 is 1.86 bits per heavy atom. The number of anilines is 1. The van der Waals surface area contributed by atoms with Gasteiger partial charge in [0.1, 0.15) is 5.75 Å². The molecule has 0 atom stereocenters. The van der Waals surface area contributed by atoms with E-state index in [0.29, 0.717) is 23.7 Å². The van der Waals surface area contributed by atoms with Gasteiger partial charge in [-0.25, -0.2) is 13.4 Å². The Morgan fingerprint density at radius 1 is 1.14 bits per heavy atom. The zero-order chi connectivity index (χ0) is 15.3. The van der Waals surface area contributed by atoms with E-state index in [1.807, 2.05) is 19.1 Å². The van der Waals surface area contributed by atoms with Gasteiger partial charge in [0.15, 0.2) is 0 Å². The van der Waals surface area contributed by atoms with Crippen LogP contribution in [0.3, 0.4) is 0 Å². The van der Waals surface area contributed by atoms with E-state index in [9.17, 15) is 8.42 Å². The third-order valence-electron chi connectivity index (χ3n) is 2.94. The molecule has 5 nitrogen and oxygen atoms in total. The lowest BCUT2D eigenvalue weighted by Gasteiger charge is -2.19. The van der Waals surface area contributed by atoms with Gasteiger partial charge in [0.2, 0.25) is 15.9 Å². The summed E-state index contributed by atoms with van der Waals surface area (Å²) in [5, 5.41) is 0. The number of pyridine rings is 1. The Kier molecular flexibility index (Phi) is 4.80. The van der Waals surface area contributed by atoms with E-state index in [4.69, 9.17) is 4.74 Å². The maximum Gasteiger partial charge on any atom is 0.234 e. The van der Waals surface area contributed by atoms with Crippen molar-refractivity contribution in [1.29, 1.82) is 0 Å². The summed E-state index contributed by atoms with van der Waals surface area (Å²) in [6, 6.07) is 12.3. The molecule has 0 spiro atoms. The van der Waals surface area contributed by atoms with Crippen molar-refractivity contribution < 1.29 is 13.2 Å². The molecule has 0 saturated heterocycles. The van der Waals surface area contributed by atoms with Crippen LogP contribution in [0.2, 0.25) is 0 Å². The molecule has 1 heterocycles. The highest BCUT2D eigenvalue weighted by atomic mass is 32.2. The first kappa shape index (κ1) is 15.3. The minimum absolute atomic E-state index is 0.135. The molecular weight excluding hydrogens is 288 g/mol. The highest BCUT2D eigenvalue weighted by Crippen LogP contribution is 2.24. The molecule has 0 aliphatic heterocycles. The average Bonchev–Trinajstić information content (AvgIpc) is 2.48. The largest absolute Gasteiger partial charge is 0.439 e. The number of ether oxygens (including phenoxy) is 1. The highest BCUT2D eigenvalue weighted by Gasteiger charge is 2.16. The molecular formula is C15H18N2O3S. The number of sulfonamides is 1. The zero-order valence-electron chi connectivity index (χ0n) is 12.1. The summed E-state index contributed by atoms with van der Waals surface area (Å²) in [5.74, 6) is 1.24. The molecule has 0 aliphatic rings. The monoisotopic (exact) mass is 306 g/mol. The standard InChI is InChI=1S/C15H18N2O3S/c1-3-12-21(18,19)17(2)13-7-9-14(10-8-13)20-15-6-4-5-11-16-15/h4-11H,3,12H2,1-2H3. The van der Waals surface area contributed by atoms with Gasteiger partial charge >= 0.3 is 0 Å². The number of benzene rings is 1. The van der Waals surface area contributed by atoms with Crippen LogP contribution < -0.4 is 9.04 Å². The van der Waals surface area contributed by atoms with Gasteiger partial charge in [-0.1, -0.05) is 13.0 Å². The summed E-state index contributed by atoms with van der Waals surface area (Å²) in [6.07, 6.45) is 2.24. The lowest BCUT2D eigenvalue weighted by molar-refractivity contribution is 0.463. The van der Waals surface area contributed by atoms with Gasteiger partial charge in [-0.15, -0.1) is 0 Å². The first-order chi connectivity index (χ1) is 10.0. The molecule has 2 rings (SSSR count). The fourth-order valence-corrected chi connectivity index (χ4v) is 3.04. The molecule has 112 valence electrons. The lowest BCUT2D eigenvalue weighted by atomic mass is 10.3. The minimum atomic E-state index is -3.25. The maximum absolute atomic E-state index is 12.0. The summed E-state index contributed by atoms with van der Waals surface area (Å²) in [4.78, 5) is 4.07. The number of hydrogen-bond donors (Lipinski definition) is 0. The molecule has 0 saturated carbocycles. The van der Waals surface area contributed by atoms with Crippen LogP contribution in [0.5, 0.6) is 11.6 Å². The molecule has 0 radical (unpaired) electrons. The van der Waals surface area contributed by atoms with E-state index in [2.05, 4.69) is 4.98 Å². The van der Waals surface area contributed by atoms with Crippen LogP contribution in [-0.2, 0) is 10.0 Å². The van der Waals surface area contributed by atoms with Crippen LogP contribution in [0.25, 0.3) is 0 Å². The van der Waals surface area contributed by atoms with Crippen molar-refractivity contribution in [2.45, 2.75) is 13.3 Å². The summed E-state index contributed by atoms with van der Waals surface area (Å²) < 4.78 is 30.8. The van der Waals surface area contributed by atoms with Crippen molar-refractivity contribution in [3.05, 3.63) is 48.7 Å². The second-order valence-electron chi connectivity index (χ2n) is 4.55. The van der Waals surface area contributed by atoms with Crippen molar-refractivity contribution >= 4 is 15.7 Å². The molecule has 0 aliphatic carbocycles. The third kappa shape index (κ3) is 3.95. The van der Waals surface area contributed by atoms with E-state index in [0.717, 1.165) is 0 Å². The lowest BCUT2D eigenvalue weighted by Crippen LogP contribution is -2.28. The molecule has 0 N–H and O–H groups in total. The molecule has 0 fully saturated rings. The molecule has 1 aromatic heterocycles. The molecule has 0 unspecified atom stereocenters. The Labute approximate surface area is 125 Å². The number of nitrogens with zero attached hydrogens (tertiary/aromatic N) is 2. The highest BCUT2D eigenvalue weighted by molar-refractivity contribution is 7.92. The van der Waals surface area contributed by atoms with Crippen LogP contribution in [0.4, 0.5) is 5.69 Å². The van der Waals surface area contributed by atoms with Crippen LogP contribution >= 0.6 is 0 Å². The quantitative estimate of drug-likeness (QED) is 0.823. The van der Waals surface area contributed by atoms with Gasteiger partial charge in [0.05, 0.1) is 11.4 Å². The predicted octanol–water partition coefficient (Wildman–Crippen LogP) is 3.05. The average molecular weight is 306 g/mol. The smallest absolute Gasteiger partial charge is 0.234 e. The van der Waals surface area contributed by atoms with E-state index in [1.165, 1.54) is 4.31 Å². The normalized spacial score (nSPS) is 11.1. The SMILES string of the molecule is CCCS(=O)(=O)N(C)c1ccc(Oc2ccccn2)cc1.